The molecule has 1 aliphatic carbocycles. The summed E-state index contributed by atoms with van der Waals surface area (Å²) in [5, 5.41) is 3.11. The van der Waals surface area contributed by atoms with Gasteiger partial charge in [-0.2, -0.15) is 0 Å². The third kappa shape index (κ3) is 8.15. The second-order valence-corrected chi connectivity index (χ2v) is 10.4. The van der Waals surface area contributed by atoms with Gasteiger partial charge in [0, 0.05) is 43.3 Å². The van der Waals surface area contributed by atoms with Crippen LogP contribution in [0.25, 0.3) is 16.7 Å². The number of allylic oxidation sites excluding steroid dienone is 1. The van der Waals surface area contributed by atoms with Crippen LogP contribution in [0.3, 0.4) is 0 Å². The van der Waals surface area contributed by atoms with E-state index in [1.54, 1.807) is 25.5 Å². The van der Waals surface area contributed by atoms with E-state index >= 15 is 0 Å². The standard InChI is InChI=1S/C32H40N6O3/c1-35-19-26(18-33)25-17-28(31(34)36-20-25)32(39)37-29-5-4-6-30(29)41-21-22-7-9-23(10-8-22)24-11-13-27(14-12-24)40-16-15-38(2)3/h7-14,17-20,29-30H,4-6,15-16,21,33H2,1-3H3,(H2,34,36)(H,37,39)/t29-,30-/m0/s1. The van der Waals surface area contributed by atoms with Crippen LogP contribution in [0.5, 0.6) is 5.75 Å². The van der Waals surface area contributed by atoms with Gasteiger partial charge in [0.25, 0.3) is 5.91 Å². The lowest BCUT2D eigenvalue weighted by atomic mass is 10.0. The molecule has 0 radical (unpaired) electrons. The maximum Gasteiger partial charge on any atom is 0.255 e. The van der Waals surface area contributed by atoms with Crippen molar-refractivity contribution >= 4 is 23.5 Å². The molecule has 0 saturated heterocycles. The van der Waals surface area contributed by atoms with Crippen molar-refractivity contribution in [3.8, 4) is 16.9 Å². The van der Waals surface area contributed by atoms with Gasteiger partial charge in [-0.1, -0.05) is 36.4 Å². The Kier molecular flexibility index (Phi) is 10.5. The zero-order valence-corrected chi connectivity index (χ0v) is 24.0. The Morgan fingerprint density at radius 2 is 1.83 bits per heavy atom. The molecular formula is C32H40N6O3. The first-order valence-corrected chi connectivity index (χ1v) is 13.9. The summed E-state index contributed by atoms with van der Waals surface area (Å²) in [6.07, 6.45) is 7.24. The summed E-state index contributed by atoms with van der Waals surface area (Å²) in [6, 6.07) is 18.1. The van der Waals surface area contributed by atoms with E-state index in [1.165, 1.54) is 6.20 Å². The molecule has 216 valence electrons. The summed E-state index contributed by atoms with van der Waals surface area (Å²) in [4.78, 5) is 23.4. The Labute approximate surface area is 242 Å². The van der Waals surface area contributed by atoms with Gasteiger partial charge in [0.1, 0.15) is 18.2 Å². The molecular weight excluding hydrogens is 516 g/mol. The summed E-state index contributed by atoms with van der Waals surface area (Å²) in [5.74, 6) is 0.757. The summed E-state index contributed by atoms with van der Waals surface area (Å²) in [5.41, 5.74) is 16.7. The molecule has 1 saturated carbocycles. The third-order valence-electron chi connectivity index (χ3n) is 7.13. The van der Waals surface area contributed by atoms with E-state index in [0.29, 0.717) is 29.9 Å². The maximum atomic E-state index is 13.2. The Hall–Kier alpha value is -4.21. The summed E-state index contributed by atoms with van der Waals surface area (Å²) < 4.78 is 12.1. The summed E-state index contributed by atoms with van der Waals surface area (Å²) in [6.45, 7) is 2.01. The molecule has 0 aliphatic heterocycles. The Morgan fingerprint density at radius 3 is 2.49 bits per heavy atom. The molecule has 4 rings (SSSR count). The van der Waals surface area contributed by atoms with E-state index in [-0.39, 0.29) is 23.9 Å². The number of pyridine rings is 1. The number of carbonyl (C=O) groups excluding carboxylic acids is 1. The molecule has 0 bridgehead atoms. The lowest BCUT2D eigenvalue weighted by Gasteiger charge is -2.22. The highest BCUT2D eigenvalue weighted by Crippen LogP contribution is 2.26. The van der Waals surface area contributed by atoms with Crippen molar-refractivity contribution < 1.29 is 14.3 Å². The topological polar surface area (TPSA) is 128 Å². The largest absolute Gasteiger partial charge is 0.492 e. The highest BCUT2D eigenvalue weighted by molar-refractivity contribution is 6.10. The fourth-order valence-electron chi connectivity index (χ4n) is 4.79. The molecule has 2 aromatic carbocycles. The second kappa shape index (κ2) is 14.4. The smallest absolute Gasteiger partial charge is 0.255 e. The predicted molar refractivity (Wildman–Crippen MR) is 165 cm³/mol. The highest BCUT2D eigenvalue weighted by Gasteiger charge is 2.30. The molecule has 2 atom stereocenters. The van der Waals surface area contributed by atoms with Gasteiger partial charge in [0.15, 0.2) is 0 Å². The van der Waals surface area contributed by atoms with Crippen LogP contribution in [0.1, 0.15) is 40.7 Å². The number of nitrogen functional groups attached to an aromatic ring is 1. The van der Waals surface area contributed by atoms with Crippen molar-refractivity contribution in [1.82, 2.24) is 15.2 Å². The van der Waals surface area contributed by atoms with E-state index in [9.17, 15) is 4.79 Å². The molecule has 5 N–H and O–H groups in total. The van der Waals surface area contributed by atoms with Crippen LogP contribution in [-0.2, 0) is 11.3 Å². The van der Waals surface area contributed by atoms with Crippen LogP contribution in [0.2, 0.25) is 0 Å². The number of aliphatic imine (C=N–C) groups is 1. The van der Waals surface area contributed by atoms with Crippen LogP contribution in [-0.4, -0.2) is 68.4 Å². The number of nitrogens with one attached hydrogen (secondary N) is 1. The number of benzene rings is 2. The lowest BCUT2D eigenvalue weighted by molar-refractivity contribution is 0.0272. The quantitative estimate of drug-likeness (QED) is 0.286. The number of anilines is 1. The van der Waals surface area contributed by atoms with Crippen molar-refractivity contribution in [3.05, 3.63) is 83.7 Å². The summed E-state index contributed by atoms with van der Waals surface area (Å²) in [7, 11) is 5.71. The fraction of sp³-hybridized carbons (Fsp3) is 0.344. The number of ether oxygens (including phenoxy) is 2. The van der Waals surface area contributed by atoms with Gasteiger partial charge in [-0.05, 0) is 68.2 Å². The molecule has 1 heterocycles. The zero-order chi connectivity index (χ0) is 29.2. The minimum absolute atomic E-state index is 0.0808. The van der Waals surface area contributed by atoms with Gasteiger partial charge in [-0.3, -0.25) is 9.79 Å². The Morgan fingerprint density at radius 1 is 1.12 bits per heavy atom. The van der Waals surface area contributed by atoms with E-state index in [1.807, 2.05) is 26.2 Å². The van der Waals surface area contributed by atoms with E-state index in [2.05, 4.69) is 56.6 Å². The molecule has 41 heavy (non-hydrogen) atoms. The Bertz CT molecular complexity index is 1350. The average molecular weight is 557 g/mol. The van der Waals surface area contributed by atoms with Crippen LogP contribution in [0.15, 0.2) is 72.0 Å². The van der Waals surface area contributed by atoms with Crippen molar-refractivity contribution in [2.45, 2.75) is 38.0 Å². The van der Waals surface area contributed by atoms with Crippen LogP contribution >= 0.6 is 0 Å². The van der Waals surface area contributed by atoms with Crippen molar-refractivity contribution in [3.63, 3.8) is 0 Å². The van der Waals surface area contributed by atoms with Crippen molar-refractivity contribution in [2.24, 2.45) is 10.7 Å². The number of likely N-dealkylation sites (N-methyl/N-ethyl adjacent to an activating group) is 1. The molecule has 9 heteroatoms. The molecule has 0 unspecified atom stereocenters. The van der Waals surface area contributed by atoms with E-state index in [0.717, 1.165) is 48.2 Å². The number of hydrogen-bond acceptors (Lipinski definition) is 8. The highest BCUT2D eigenvalue weighted by atomic mass is 16.5. The van der Waals surface area contributed by atoms with Crippen molar-refractivity contribution in [1.29, 1.82) is 0 Å². The predicted octanol–water partition coefficient (Wildman–Crippen LogP) is 4.14. The number of carbonyl (C=O) groups is 1. The van der Waals surface area contributed by atoms with Crippen LogP contribution < -0.4 is 21.5 Å². The van der Waals surface area contributed by atoms with Gasteiger partial charge in [-0.15, -0.1) is 0 Å². The SMILES string of the molecule is CN=CC(=CN)c1cnc(N)c(C(=O)N[C@H]2CCC[C@@H]2OCc2ccc(-c3ccc(OCCN(C)C)cc3)cc2)c1. The fourth-order valence-corrected chi connectivity index (χ4v) is 4.79. The molecule has 1 aliphatic rings. The second-order valence-electron chi connectivity index (χ2n) is 10.4. The van der Waals surface area contributed by atoms with E-state index < -0.39 is 0 Å². The molecule has 1 fully saturated rings. The third-order valence-corrected chi connectivity index (χ3v) is 7.13. The molecule has 1 amide bonds. The minimum Gasteiger partial charge on any atom is -0.492 e. The van der Waals surface area contributed by atoms with Gasteiger partial charge in [0.05, 0.1) is 24.3 Å². The molecule has 1 aromatic heterocycles. The maximum absolute atomic E-state index is 13.2. The van der Waals surface area contributed by atoms with Gasteiger partial charge in [0.2, 0.25) is 0 Å². The van der Waals surface area contributed by atoms with E-state index in [4.69, 9.17) is 20.9 Å². The van der Waals surface area contributed by atoms with Crippen LogP contribution in [0, 0.1) is 0 Å². The van der Waals surface area contributed by atoms with Crippen molar-refractivity contribution in [2.75, 3.05) is 40.0 Å². The molecule has 9 nitrogen and oxygen atoms in total. The number of rotatable bonds is 12. The summed E-state index contributed by atoms with van der Waals surface area (Å²) >= 11 is 0. The first kappa shape index (κ1) is 29.8. The van der Waals surface area contributed by atoms with Crippen LogP contribution in [0.4, 0.5) is 5.82 Å². The number of nitrogens with zero attached hydrogens (tertiary/aromatic N) is 3. The first-order valence-electron chi connectivity index (χ1n) is 13.9. The normalized spacial score (nSPS) is 17.3. The van der Waals surface area contributed by atoms with Gasteiger partial charge < -0.3 is 31.2 Å². The average Bonchev–Trinajstić information content (AvgIpc) is 3.42. The number of nitrogens with two attached hydrogens (primary N) is 2. The molecule has 3 aromatic rings. The monoisotopic (exact) mass is 556 g/mol. The van der Waals surface area contributed by atoms with Gasteiger partial charge >= 0.3 is 0 Å². The molecule has 0 spiro atoms. The number of aromatic nitrogens is 1. The minimum atomic E-state index is -0.277. The zero-order valence-electron chi connectivity index (χ0n) is 24.0. The lowest BCUT2D eigenvalue weighted by Crippen LogP contribution is -2.41. The Balaban J connectivity index is 1.32. The number of hydrogen-bond donors (Lipinski definition) is 3. The number of amides is 1. The first-order chi connectivity index (χ1) is 19.9. The van der Waals surface area contributed by atoms with Gasteiger partial charge in [-0.25, -0.2) is 4.98 Å².